The summed E-state index contributed by atoms with van der Waals surface area (Å²) in [7, 11) is 0. The van der Waals surface area contributed by atoms with Crippen LogP contribution in [0, 0.1) is 0 Å². The third-order valence-corrected chi connectivity index (χ3v) is 9.87. The second-order valence-electron chi connectivity index (χ2n) is 12.0. The van der Waals surface area contributed by atoms with Gasteiger partial charge in [-0.2, -0.15) is 4.57 Å². The van der Waals surface area contributed by atoms with Crippen LogP contribution in [0.15, 0.2) is 18.2 Å². The molecule has 5 rings (SSSR count). The number of allylic oxidation sites excluding steroid dienone is 2. The number of H-pyrrole nitrogens is 3. The summed E-state index contributed by atoms with van der Waals surface area (Å²) in [6, 6.07) is 6.97. The molecule has 0 radical (unpaired) electrons. The van der Waals surface area contributed by atoms with E-state index in [0.717, 1.165) is 73.8 Å². The number of nitrogens with one attached hydrogen (secondary N) is 3. The zero-order chi connectivity index (χ0) is 32.4. The molecule has 240 valence electrons. The van der Waals surface area contributed by atoms with E-state index in [2.05, 4.69) is 93.1 Å². The van der Waals surface area contributed by atoms with E-state index in [1.807, 2.05) is 6.92 Å². The number of hydrogen-bond acceptors (Lipinski definition) is 2. The maximum Gasteiger partial charge on any atom is 0.372 e. The average Bonchev–Trinajstić information content (AvgIpc) is 3.75. The maximum atomic E-state index is 13.2. The number of aryl methyl sites for hydroxylation is 6. The molecule has 0 saturated carbocycles. The first-order chi connectivity index (χ1) is 21.8. The van der Waals surface area contributed by atoms with Crippen molar-refractivity contribution in [2.75, 3.05) is 6.61 Å². The largest absolute Gasteiger partial charge is 0.461 e. The van der Waals surface area contributed by atoms with Gasteiger partial charge in [0, 0.05) is 45.3 Å². The van der Waals surface area contributed by atoms with Crippen molar-refractivity contribution in [1.29, 1.82) is 0 Å². The van der Waals surface area contributed by atoms with Crippen molar-refractivity contribution in [2.24, 2.45) is 0 Å². The number of rotatable bonds is 11. The molecule has 6 heteroatoms. The molecular weight excluding hydrogens is 556 g/mol. The molecule has 3 N–H and O–H groups in total. The Morgan fingerprint density at radius 2 is 0.911 bits per heavy atom. The number of fused-ring (bicyclic) bond motifs is 9. The standard InChI is InChI=1S/C39H52N4O2/c1-10-23-24(11-2)33-20-35-27(14-5)28(15-6)36(43(35)22-37(44)45-18-9)21-34-26(13-4)30(17-8)39(42-34)38-29(16-7)25(12-3)32(41-38)19-31(23)40-33/h19-21H,10-18,22H2,1-9H3,(H2,40,41,42)/p+1. The molecule has 5 heterocycles. The van der Waals surface area contributed by atoms with Crippen LogP contribution < -0.4 is 4.57 Å². The summed E-state index contributed by atoms with van der Waals surface area (Å²) in [5.41, 5.74) is 20.0. The van der Waals surface area contributed by atoms with Gasteiger partial charge in [0.1, 0.15) is 0 Å². The van der Waals surface area contributed by atoms with Crippen LogP contribution in [0.3, 0.4) is 0 Å². The molecule has 4 aromatic heterocycles. The van der Waals surface area contributed by atoms with Crippen molar-refractivity contribution in [3.8, 4) is 0 Å². The van der Waals surface area contributed by atoms with Crippen LogP contribution in [0.1, 0.15) is 120 Å². The number of aromatic amines is 3. The lowest BCUT2D eigenvalue weighted by Crippen LogP contribution is -2.42. The molecule has 0 saturated heterocycles. The molecule has 1 aliphatic heterocycles. The highest BCUT2D eigenvalue weighted by Gasteiger charge is 2.33. The molecule has 0 atom stereocenters. The second-order valence-corrected chi connectivity index (χ2v) is 12.0. The number of aromatic nitrogens is 4. The Kier molecular flexibility index (Phi) is 9.91. The molecule has 0 spiro atoms. The van der Waals surface area contributed by atoms with Crippen molar-refractivity contribution < 1.29 is 14.1 Å². The van der Waals surface area contributed by atoms with Gasteiger partial charge in [-0.05, 0) is 97.7 Å². The normalized spacial score (nSPS) is 12.6. The third-order valence-electron chi connectivity index (χ3n) is 9.87. The Labute approximate surface area is 268 Å². The zero-order valence-electron chi connectivity index (χ0n) is 29.1. The van der Waals surface area contributed by atoms with Crippen molar-refractivity contribution in [1.82, 2.24) is 15.0 Å². The number of carbonyl (C=O) groups excluding carboxylic acids is 1. The summed E-state index contributed by atoms with van der Waals surface area (Å²) in [5, 5.41) is 0. The van der Waals surface area contributed by atoms with E-state index in [0.29, 0.717) is 6.61 Å². The first-order valence-electron chi connectivity index (χ1n) is 17.5. The third kappa shape index (κ3) is 5.51. The Morgan fingerprint density at radius 3 is 1.31 bits per heavy atom. The van der Waals surface area contributed by atoms with Crippen LogP contribution in [0.25, 0.3) is 44.2 Å². The first kappa shape index (κ1) is 32.6. The number of nitrogens with zero attached hydrogens (tertiary/aromatic N) is 1. The lowest BCUT2D eigenvalue weighted by Gasteiger charge is -2.02. The molecular formula is C39H53N4O2+. The summed E-state index contributed by atoms with van der Waals surface area (Å²) < 4.78 is 7.75. The highest BCUT2D eigenvalue weighted by molar-refractivity contribution is 5.94. The summed E-state index contributed by atoms with van der Waals surface area (Å²) in [6.07, 6.45) is 7.43. The number of carbonyl (C=O) groups is 1. The molecule has 0 unspecified atom stereocenters. The monoisotopic (exact) mass is 609 g/mol. The minimum atomic E-state index is -0.207. The summed E-state index contributed by atoms with van der Waals surface area (Å²) in [5.74, 6) is -0.207. The van der Waals surface area contributed by atoms with E-state index in [9.17, 15) is 4.79 Å². The SMILES string of the molecule is CCOC(=O)C[n+]1c2cc3[nH]c(cc4[nH]c(c(CC)c4CC)c4[nH]c(cc1C(CC)=C2CC)c(CC)c4CC)c(CC)c3CC. The first-order valence-corrected chi connectivity index (χ1v) is 17.5. The lowest BCUT2D eigenvalue weighted by molar-refractivity contribution is -0.687. The predicted octanol–water partition coefficient (Wildman–Crippen LogP) is 9.09. The topological polar surface area (TPSA) is 77.5 Å². The number of ether oxygens (including phenoxy) is 1. The molecule has 0 aromatic carbocycles. The fraction of sp³-hybridized carbons (Fsp3) is 0.487. The van der Waals surface area contributed by atoms with Gasteiger partial charge in [-0.25, -0.2) is 4.79 Å². The van der Waals surface area contributed by atoms with E-state index >= 15 is 0 Å². The number of hydrogen-bond donors (Lipinski definition) is 3. The highest BCUT2D eigenvalue weighted by Crippen LogP contribution is 2.37. The van der Waals surface area contributed by atoms with Gasteiger partial charge >= 0.3 is 5.97 Å². The van der Waals surface area contributed by atoms with Gasteiger partial charge in [-0.3, -0.25) is 0 Å². The van der Waals surface area contributed by atoms with E-state index in [1.54, 1.807) is 0 Å². The lowest BCUT2D eigenvalue weighted by atomic mass is 9.99. The van der Waals surface area contributed by atoms with Crippen molar-refractivity contribution in [3.63, 3.8) is 0 Å². The summed E-state index contributed by atoms with van der Waals surface area (Å²) in [6.45, 7) is 20.4. The Balaban J connectivity index is 2.13. The Hall–Kier alpha value is -3.80. The molecule has 45 heavy (non-hydrogen) atoms. The van der Waals surface area contributed by atoms with Gasteiger partial charge in [0.05, 0.1) is 17.6 Å². The van der Waals surface area contributed by atoms with Crippen LogP contribution in [0.4, 0.5) is 0 Å². The van der Waals surface area contributed by atoms with Crippen molar-refractivity contribution in [2.45, 2.75) is 120 Å². The molecule has 4 aromatic rings. The summed E-state index contributed by atoms with van der Waals surface area (Å²) >= 11 is 0. The minimum absolute atomic E-state index is 0.176. The van der Waals surface area contributed by atoms with Crippen LogP contribution in [-0.4, -0.2) is 27.5 Å². The maximum absolute atomic E-state index is 13.2. The predicted molar refractivity (Wildman–Crippen MR) is 189 cm³/mol. The fourth-order valence-corrected chi connectivity index (χ4v) is 7.94. The van der Waals surface area contributed by atoms with Gasteiger partial charge in [0.2, 0.25) is 17.9 Å². The van der Waals surface area contributed by atoms with Crippen molar-refractivity contribution >= 4 is 50.2 Å². The number of esters is 1. The van der Waals surface area contributed by atoms with E-state index in [1.165, 1.54) is 66.6 Å². The zero-order valence-corrected chi connectivity index (χ0v) is 29.1. The summed E-state index contributed by atoms with van der Waals surface area (Å²) in [4.78, 5) is 24.9. The van der Waals surface area contributed by atoms with E-state index in [-0.39, 0.29) is 12.5 Å². The molecule has 1 aliphatic rings. The molecule has 0 amide bonds. The van der Waals surface area contributed by atoms with Gasteiger partial charge in [-0.1, -0.05) is 55.4 Å². The van der Waals surface area contributed by atoms with Crippen LogP contribution >= 0.6 is 0 Å². The van der Waals surface area contributed by atoms with Gasteiger partial charge in [0.15, 0.2) is 0 Å². The minimum Gasteiger partial charge on any atom is -0.461 e. The van der Waals surface area contributed by atoms with Crippen LogP contribution in [0.5, 0.6) is 0 Å². The fourth-order valence-electron chi connectivity index (χ4n) is 7.94. The van der Waals surface area contributed by atoms with Crippen LogP contribution in [0.2, 0.25) is 0 Å². The smallest absolute Gasteiger partial charge is 0.372 e. The van der Waals surface area contributed by atoms with Gasteiger partial charge < -0.3 is 19.7 Å². The van der Waals surface area contributed by atoms with Crippen LogP contribution in [-0.2, 0) is 54.6 Å². The molecule has 0 fully saturated rings. The Morgan fingerprint density at radius 1 is 0.533 bits per heavy atom. The molecule has 0 aliphatic carbocycles. The highest BCUT2D eigenvalue weighted by atomic mass is 16.5. The average molecular weight is 610 g/mol. The van der Waals surface area contributed by atoms with Gasteiger partial charge in [-0.15, -0.1) is 0 Å². The van der Waals surface area contributed by atoms with E-state index < -0.39 is 0 Å². The molecule has 8 bridgehead atoms. The molecule has 6 nitrogen and oxygen atoms in total. The van der Waals surface area contributed by atoms with Gasteiger partial charge in [0.25, 0.3) is 0 Å². The van der Waals surface area contributed by atoms with E-state index in [4.69, 9.17) is 4.74 Å². The Bertz CT molecular complexity index is 1900. The second kappa shape index (κ2) is 13.7. The van der Waals surface area contributed by atoms with Crippen molar-refractivity contribution in [3.05, 3.63) is 63.0 Å². The quantitative estimate of drug-likeness (QED) is 0.117.